The fourth-order valence-electron chi connectivity index (χ4n) is 13.8. The van der Waals surface area contributed by atoms with Crippen molar-refractivity contribution < 1.29 is 49.3 Å². The van der Waals surface area contributed by atoms with Gasteiger partial charge in [-0.25, -0.2) is 0 Å². The Hall–Kier alpha value is -2.12. The van der Waals surface area contributed by atoms with Gasteiger partial charge in [-0.3, -0.25) is 9.59 Å². The number of aliphatic hydroxyl groups excluding tert-OH is 5. The normalized spacial score (nSPS) is 17.4. The lowest BCUT2D eigenvalue weighted by atomic mass is 9.99. The summed E-state index contributed by atoms with van der Waals surface area (Å²) >= 11 is 0. The molecule has 1 aliphatic rings. The van der Waals surface area contributed by atoms with Crippen LogP contribution in [0, 0.1) is 0 Å². The van der Waals surface area contributed by atoms with Crippen LogP contribution < -0.4 is 5.32 Å². The van der Waals surface area contributed by atoms with E-state index in [9.17, 15) is 35.1 Å². The van der Waals surface area contributed by atoms with Gasteiger partial charge in [-0.1, -0.05) is 397 Å². The summed E-state index contributed by atoms with van der Waals surface area (Å²) in [5, 5.41) is 54.6. The van der Waals surface area contributed by atoms with Gasteiger partial charge in [0.2, 0.25) is 5.91 Å². The molecule has 6 N–H and O–H groups in total. The highest BCUT2D eigenvalue weighted by atomic mass is 16.7. The van der Waals surface area contributed by atoms with Gasteiger partial charge in [0.25, 0.3) is 0 Å². The van der Waals surface area contributed by atoms with E-state index in [0.29, 0.717) is 19.4 Å². The number of carbonyl (C=O) groups excluding carboxylic acids is 2. The summed E-state index contributed by atoms with van der Waals surface area (Å²) in [7, 11) is 0. The Morgan fingerprint density at radius 1 is 0.381 bits per heavy atom. The molecule has 1 aliphatic heterocycles. The molecule has 0 radical (unpaired) electrons. The molecule has 0 aromatic rings. The van der Waals surface area contributed by atoms with Gasteiger partial charge in [0, 0.05) is 12.8 Å². The van der Waals surface area contributed by atoms with Gasteiger partial charge in [0.05, 0.1) is 32.0 Å². The van der Waals surface area contributed by atoms with Crippen molar-refractivity contribution in [1.82, 2.24) is 5.32 Å². The van der Waals surface area contributed by atoms with Crippen LogP contribution >= 0.6 is 0 Å². The largest absolute Gasteiger partial charge is 0.466 e. The summed E-state index contributed by atoms with van der Waals surface area (Å²) in [6, 6.07) is -0.805. The molecule has 97 heavy (non-hydrogen) atoms. The van der Waals surface area contributed by atoms with E-state index in [1.54, 1.807) is 6.08 Å². The molecule has 11 nitrogen and oxygen atoms in total. The van der Waals surface area contributed by atoms with Crippen LogP contribution in [0.2, 0.25) is 0 Å². The summed E-state index contributed by atoms with van der Waals surface area (Å²) < 4.78 is 16.8. The minimum absolute atomic E-state index is 0.0117. The van der Waals surface area contributed by atoms with E-state index in [-0.39, 0.29) is 18.5 Å². The van der Waals surface area contributed by atoms with E-state index >= 15 is 0 Å². The van der Waals surface area contributed by atoms with Crippen molar-refractivity contribution in [1.29, 1.82) is 0 Å². The van der Waals surface area contributed by atoms with E-state index in [1.807, 2.05) is 6.08 Å². The predicted molar refractivity (Wildman–Crippen MR) is 412 cm³/mol. The molecule has 0 aromatic carbocycles. The molecule has 0 spiro atoms. The Morgan fingerprint density at radius 2 is 0.691 bits per heavy atom. The monoisotopic (exact) mass is 1370 g/mol. The van der Waals surface area contributed by atoms with Crippen LogP contribution in [-0.4, -0.2) is 100 Å². The molecule has 1 heterocycles. The van der Waals surface area contributed by atoms with Crippen molar-refractivity contribution in [3.63, 3.8) is 0 Å². The molecular weight excluding hydrogens is 1210 g/mol. The Bertz CT molecular complexity index is 1710. The quantitative estimate of drug-likeness (QED) is 0.0195. The van der Waals surface area contributed by atoms with E-state index in [2.05, 4.69) is 43.5 Å². The van der Waals surface area contributed by atoms with Crippen LogP contribution in [0.1, 0.15) is 438 Å². The Morgan fingerprint density at radius 3 is 1.05 bits per heavy atom. The molecule has 7 unspecified atom stereocenters. The summed E-state index contributed by atoms with van der Waals surface area (Å²) in [5.74, 6) is -0.161. The van der Waals surface area contributed by atoms with Gasteiger partial charge in [0.15, 0.2) is 6.29 Å². The van der Waals surface area contributed by atoms with Crippen LogP contribution in [-0.2, 0) is 23.8 Å². The Kier molecular flexibility index (Phi) is 71.9. The fourth-order valence-corrected chi connectivity index (χ4v) is 13.8. The second-order valence-electron chi connectivity index (χ2n) is 29.9. The van der Waals surface area contributed by atoms with Crippen molar-refractivity contribution in [2.45, 2.75) is 480 Å². The van der Waals surface area contributed by atoms with Crippen molar-refractivity contribution in [2.24, 2.45) is 0 Å². The highest BCUT2D eigenvalue weighted by molar-refractivity contribution is 5.76. The number of allylic oxidation sites excluding steroid dienone is 5. The van der Waals surface area contributed by atoms with Gasteiger partial charge in [-0.05, 0) is 64.2 Å². The average Bonchev–Trinajstić information content (AvgIpc) is 0.874. The topological polar surface area (TPSA) is 175 Å². The van der Waals surface area contributed by atoms with Crippen molar-refractivity contribution >= 4 is 11.9 Å². The minimum atomic E-state index is -1.57. The first-order chi connectivity index (χ1) is 47.7. The first-order valence-electron chi connectivity index (χ1n) is 42.8. The summed E-state index contributed by atoms with van der Waals surface area (Å²) in [6.07, 6.45) is 89.2. The van der Waals surface area contributed by atoms with E-state index < -0.39 is 49.5 Å². The SMILES string of the molecule is CCCCCC/C=C\C/C=C\CCCCCCCCCC(=O)OCCCCCCCCCCCCCCCCCCCCCCCCCCCCCCCCCCCCCCCCCC(=O)NC(COC1OC(CO)C(O)C(O)C1O)C(O)/C=C/CCCCCCCCCCCC. The van der Waals surface area contributed by atoms with Crippen LogP contribution in [0.4, 0.5) is 0 Å². The molecule has 0 aliphatic carbocycles. The first kappa shape index (κ1) is 92.9. The molecule has 1 saturated heterocycles. The smallest absolute Gasteiger partial charge is 0.305 e. The summed E-state index contributed by atoms with van der Waals surface area (Å²) in [6.45, 7) is 4.38. The number of hydrogen-bond donors (Lipinski definition) is 6. The number of amides is 1. The van der Waals surface area contributed by atoms with Gasteiger partial charge in [0.1, 0.15) is 24.4 Å². The van der Waals surface area contributed by atoms with Crippen LogP contribution in [0.15, 0.2) is 36.5 Å². The molecule has 1 rings (SSSR count). The van der Waals surface area contributed by atoms with Crippen LogP contribution in [0.3, 0.4) is 0 Å². The van der Waals surface area contributed by atoms with Crippen molar-refractivity contribution in [2.75, 3.05) is 19.8 Å². The molecular formula is C86H163NO10. The van der Waals surface area contributed by atoms with Crippen molar-refractivity contribution in [3.05, 3.63) is 36.5 Å². The number of esters is 1. The second kappa shape index (κ2) is 75.1. The predicted octanol–water partition coefficient (Wildman–Crippen LogP) is 23.6. The van der Waals surface area contributed by atoms with Crippen molar-refractivity contribution in [3.8, 4) is 0 Å². The third kappa shape index (κ3) is 63.3. The number of unbranched alkanes of at least 4 members (excludes halogenated alkanes) is 59. The van der Waals surface area contributed by atoms with Gasteiger partial charge < -0.3 is 45.1 Å². The van der Waals surface area contributed by atoms with E-state index in [4.69, 9.17) is 14.2 Å². The number of carbonyl (C=O) groups is 2. The number of nitrogens with one attached hydrogen (secondary N) is 1. The Labute approximate surface area is 600 Å². The molecule has 0 bridgehead atoms. The van der Waals surface area contributed by atoms with Gasteiger partial charge in [-0.2, -0.15) is 0 Å². The highest BCUT2D eigenvalue weighted by Crippen LogP contribution is 2.24. The zero-order valence-corrected chi connectivity index (χ0v) is 64.1. The molecule has 7 atom stereocenters. The second-order valence-corrected chi connectivity index (χ2v) is 29.9. The standard InChI is InChI=1S/C86H163NO10/c1-3-5-7-9-11-13-15-17-18-19-44-47-50-54-58-62-66-70-74-82(91)95-75-71-67-63-59-55-51-48-45-42-40-38-36-34-32-30-28-26-24-22-20-21-23-25-27-29-31-33-35-37-39-41-43-46-49-53-57-61-65-69-73-81(90)87-78(77-96-86-85(94)84(93)83(92)80(76-88)97-86)79(89)72-68-64-60-56-52-16-14-12-10-8-6-4-2/h13,15,18-19,68,72,78-80,83-86,88-89,92-94H,3-12,14,16-17,20-67,69-71,73-77H2,1-2H3,(H,87,90)/b15-13-,19-18-,72-68+. The summed E-state index contributed by atoms with van der Waals surface area (Å²) in [4.78, 5) is 25.2. The van der Waals surface area contributed by atoms with E-state index in [0.717, 1.165) is 64.2 Å². The number of aliphatic hydroxyl groups is 5. The first-order valence-corrected chi connectivity index (χ1v) is 42.8. The molecule has 0 aromatic heterocycles. The summed E-state index contributed by atoms with van der Waals surface area (Å²) in [5.41, 5.74) is 0. The molecule has 0 saturated carbocycles. The maximum absolute atomic E-state index is 13.1. The van der Waals surface area contributed by atoms with Gasteiger partial charge >= 0.3 is 5.97 Å². The maximum Gasteiger partial charge on any atom is 0.305 e. The highest BCUT2D eigenvalue weighted by Gasteiger charge is 2.44. The minimum Gasteiger partial charge on any atom is -0.466 e. The average molecular weight is 1370 g/mol. The zero-order valence-electron chi connectivity index (χ0n) is 64.1. The number of rotatable bonds is 77. The zero-order chi connectivity index (χ0) is 70.1. The molecule has 11 heteroatoms. The molecule has 1 fully saturated rings. The van der Waals surface area contributed by atoms with Crippen LogP contribution in [0.5, 0.6) is 0 Å². The Balaban J connectivity index is 1.84. The fraction of sp³-hybridized carbons (Fsp3) is 0.907. The third-order valence-corrected chi connectivity index (χ3v) is 20.5. The van der Waals surface area contributed by atoms with Gasteiger partial charge in [-0.15, -0.1) is 0 Å². The van der Waals surface area contributed by atoms with E-state index in [1.165, 1.54) is 347 Å². The lowest BCUT2D eigenvalue weighted by Gasteiger charge is -2.40. The lowest BCUT2D eigenvalue weighted by molar-refractivity contribution is -0.302. The molecule has 572 valence electrons. The number of ether oxygens (including phenoxy) is 3. The maximum atomic E-state index is 13.1. The van der Waals surface area contributed by atoms with Crippen LogP contribution in [0.25, 0.3) is 0 Å². The number of hydrogen-bond acceptors (Lipinski definition) is 10. The molecule has 1 amide bonds. The lowest BCUT2D eigenvalue weighted by Crippen LogP contribution is -2.60. The third-order valence-electron chi connectivity index (χ3n) is 20.5.